The number of carbonyl (C=O) groups excluding carboxylic acids is 2. The Balaban J connectivity index is 1.24. The lowest BCUT2D eigenvalue weighted by molar-refractivity contribution is 0.102. The molecular formula is C25H22ClN3O4. The van der Waals surface area contributed by atoms with Gasteiger partial charge in [-0.15, -0.1) is 0 Å². The number of hydrogen-bond donors (Lipinski definition) is 1. The molecule has 0 spiro atoms. The first kappa shape index (κ1) is 21.2. The van der Waals surface area contributed by atoms with Gasteiger partial charge in [-0.1, -0.05) is 17.7 Å². The molecule has 2 aliphatic heterocycles. The zero-order valence-electron chi connectivity index (χ0n) is 17.8. The molecule has 1 fully saturated rings. The molecule has 0 bridgehead atoms. The van der Waals surface area contributed by atoms with Crippen LogP contribution in [0.15, 0.2) is 66.7 Å². The van der Waals surface area contributed by atoms with Gasteiger partial charge >= 0.3 is 6.03 Å². The van der Waals surface area contributed by atoms with Gasteiger partial charge in [0, 0.05) is 41.6 Å². The summed E-state index contributed by atoms with van der Waals surface area (Å²) in [6.45, 7) is 2.07. The summed E-state index contributed by atoms with van der Waals surface area (Å²) in [4.78, 5) is 29.2. The highest BCUT2D eigenvalue weighted by Gasteiger charge is 2.27. The molecule has 3 amide bonds. The Labute approximate surface area is 196 Å². The van der Waals surface area contributed by atoms with Gasteiger partial charge in [-0.05, 0) is 72.6 Å². The van der Waals surface area contributed by atoms with E-state index in [0.29, 0.717) is 41.7 Å². The lowest BCUT2D eigenvalue weighted by Gasteiger charge is -2.35. The SMILES string of the molecule is O=C(Nc1ccc(N2CCCN(Cc3ccc4c(c3)OCO4)C2=O)cc1)c1ccc(Cl)cc1. The predicted molar refractivity (Wildman–Crippen MR) is 126 cm³/mol. The molecule has 168 valence electrons. The van der Waals surface area contributed by atoms with Crippen LogP contribution in [0, 0.1) is 0 Å². The Bertz CT molecular complexity index is 1180. The van der Waals surface area contributed by atoms with Gasteiger partial charge in [0.2, 0.25) is 6.79 Å². The average molecular weight is 464 g/mol. The minimum Gasteiger partial charge on any atom is -0.454 e. The van der Waals surface area contributed by atoms with Crippen molar-refractivity contribution in [1.29, 1.82) is 0 Å². The lowest BCUT2D eigenvalue weighted by atomic mass is 10.1. The zero-order valence-corrected chi connectivity index (χ0v) is 18.5. The van der Waals surface area contributed by atoms with Crippen molar-refractivity contribution in [3.05, 3.63) is 82.9 Å². The number of fused-ring (bicyclic) bond motifs is 1. The largest absolute Gasteiger partial charge is 0.454 e. The molecule has 33 heavy (non-hydrogen) atoms. The van der Waals surface area contributed by atoms with Gasteiger partial charge in [0.05, 0.1) is 0 Å². The molecular weight excluding hydrogens is 442 g/mol. The highest BCUT2D eigenvalue weighted by molar-refractivity contribution is 6.30. The van der Waals surface area contributed by atoms with Crippen LogP contribution in [0.3, 0.4) is 0 Å². The molecule has 0 aromatic heterocycles. The molecule has 1 saturated heterocycles. The third kappa shape index (κ3) is 4.59. The van der Waals surface area contributed by atoms with Gasteiger partial charge in [-0.25, -0.2) is 4.79 Å². The Hall–Kier alpha value is -3.71. The molecule has 2 heterocycles. The number of carbonyl (C=O) groups is 2. The summed E-state index contributed by atoms with van der Waals surface area (Å²) in [7, 11) is 0. The van der Waals surface area contributed by atoms with Crippen LogP contribution in [0.25, 0.3) is 0 Å². The van der Waals surface area contributed by atoms with E-state index >= 15 is 0 Å². The fraction of sp³-hybridized carbons (Fsp3) is 0.200. The maximum absolute atomic E-state index is 13.2. The van der Waals surface area contributed by atoms with E-state index in [1.54, 1.807) is 41.3 Å². The highest BCUT2D eigenvalue weighted by atomic mass is 35.5. The summed E-state index contributed by atoms with van der Waals surface area (Å²) in [5, 5.41) is 3.44. The maximum atomic E-state index is 13.2. The molecule has 3 aromatic rings. The molecule has 0 saturated carbocycles. The van der Waals surface area contributed by atoms with Gasteiger partial charge in [0.1, 0.15) is 0 Å². The van der Waals surface area contributed by atoms with E-state index < -0.39 is 0 Å². The van der Waals surface area contributed by atoms with Gasteiger partial charge in [0.25, 0.3) is 5.91 Å². The van der Waals surface area contributed by atoms with Crippen LogP contribution in [-0.4, -0.2) is 36.7 Å². The number of benzene rings is 3. The number of rotatable bonds is 5. The molecule has 1 N–H and O–H groups in total. The summed E-state index contributed by atoms with van der Waals surface area (Å²) in [6, 6.07) is 19.7. The summed E-state index contributed by atoms with van der Waals surface area (Å²) in [6.07, 6.45) is 0.866. The normalized spacial score (nSPS) is 15.0. The number of nitrogens with zero attached hydrogens (tertiary/aromatic N) is 2. The van der Waals surface area contributed by atoms with Crippen LogP contribution in [0.1, 0.15) is 22.3 Å². The topological polar surface area (TPSA) is 71.1 Å². The molecule has 0 aliphatic carbocycles. The van der Waals surface area contributed by atoms with Crippen LogP contribution in [0.2, 0.25) is 5.02 Å². The van der Waals surface area contributed by atoms with E-state index in [2.05, 4.69) is 5.32 Å². The second-order valence-corrected chi connectivity index (χ2v) is 8.34. The quantitative estimate of drug-likeness (QED) is 0.567. The minimum atomic E-state index is -0.219. The molecule has 3 aromatic carbocycles. The highest BCUT2D eigenvalue weighted by Crippen LogP contribution is 2.33. The average Bonchev–Trinajstić information content (AvgIpc) is 3.29. The fourth-order valence-electron chi connectivity index (χ4n) is 3.96. The van der Waals surface area contributed by atoms with Crippen molar-refractivity contribution >= 4 is 34.9 Å². The standard InChI is InChI=1S/C25H22ClN3O4/c26-19-5-3-18(4-6-19)24(30)27-20-7-9-21(10-8-20)29-13-1-12-28(25(29)31)15-17-2-11-22-23(14-17)33-16-32-22/h2-11,14H,1,12-13,15-16H2,(H,27,30). The third-order valence-corrected chi connectivity index (χ3v) is 5.92. The Morgan fingerprint density at radius 3 is 2.48 bits per heavy atom. The molecule has 8 heteroatoms. The number of amides is 3. The number of halogens is 1. The van der Waals surface area contributed by atoms with Crippen molar-refractivity contribution in [3.63, 3.8) is 0 Å². The monoisotopic (exact) mass is 463 g/mol. The van der Waals surface area contributed by atoms with Crippen LogP contribution >= 0.6 is 11.6 Å². The number of nitrogens with one attached hydrogen (secondary N) is 1. The van der Waals surface area contributed by atoms with Crippen molar-refractivity contribution in [2.75, 3.05) is 30.1 Å². The van der Waals surface area contributed by atoms with E-state index in [9.17, 15) is 9.59 Å². The minimum absolute atomic E-state index is 0.0446. The van der Waals surface area contributed by atoms with Gasteiger partial charge in [0.15, 0.2) is 11.5 Å². The molecule has 0 unspecified atom stereocenters. The van der Waals surface area contributed by atoms with E-state index in [-0.39, 0.29) is 18.7 Å². The summed E-state index contributed by atoms with van der Waals surface area (Å²) >= 11 is 5.88. The maximum Gasteiger partial charge on any atom is 0.324 e. The smallest absolute Gasteiger partial charge is 0.324 e. The number of urea groups is 1. The first-order valence-corrected chi connectivity index (χ1v) is 11.1. The second-order valence-electron chi connectivity index (χ2n) is 7.90. The number of hydrogen-bond acceptors (Lipinski definition) is 4. The first-order chi connectivity index (χ1) is 16.1. The Kier molecular flexibility index (Phi) is 5.79. The van der Waals surface area contributed by atoms with E-state index in [0.717, 1.165) is 23.4 Å². The lowest BCUT2D eigenvalue weighted by Crippen LogP contribution is -2.49. The summed E-state index contributed by atoms with van der Waals surface area (Å²) in [5.74, 6) is 1.22. The predicted octanol–water partition coefficient (Wildman–Crippen LogP) is 5.15. The van der Waals surface area contributed by atoms with Gasteiger partial charge in [-0.3, -0.25) is 9.69 Å². The fourth-order valence-corrected chi connectivity index (χ4v) is 4.08. The third-order valence-electron chi connectivity index (χ3n) is 5.66. The molecule has 2 aliphatic rings. The van der Waals surface area contributed by atoms with Crippen LogP contribution in [0.4, 0.5) is 16.2 Å². The summed E-state index contributed by atoms with van der Waals surface area (Å²) in [5.41, 5.74) is 2.96. The Morgan fingerprint density at radius 1 is 0.939 bits per heavy atom. The zero-order chi connectivity index (χ0) is 22.8. The molecule has 7 nitrogen and oxygen atoms in total. The van der Waals surface area contributed by atoms with Crippen molar-refractivity contribution in [2.24, 2.45) is 0 Å². The first-order valence-electron chi connectivity index (χ1n) is 10.7. The number of anilines is 2. The summed E-state index contributed by atoms with van der Waals surface area (Å²) < 4.78 is 10.8. The van der Waals surface area contributed by atoms with Crippen molar-refractivity contribution in [2.45, 2.75) is 13.0 Å². The number of ether oxygens (including phenoxy) is 2. The van der Waals surface area contributed by atoms with Crippen molar-refractivity contribution < 1.29 is 19.1 Å². The second kappa shape index (κ2) is 9.03. The van der Waals surface area contributed by atoms with Gasteiger partial charge in [-0.2, -0.15) is 0 Å². The molecule has 0 atom stereocenters. The molecule has 5 rings (SSSR count). The van der Waals surface area contributed by atoms with Gasteiger partial charge < -0.3 is 19.7 Å². The van der Waals surface area contributed by atoms with E-state index in [1.807, 2.05) is 35.2 Å². The van der Waals surface area contributed by atoms with Crippen molar-refractivity contribution in [1.82, 2.24) is 4.90 Å². The van der Waals surface area contributed by atoms with Crippen LogP contribution in [0.5, 0.6) is 11.5 Å². The van der Waals surface area contributed by atoms with Crippen LogP contribution < -0.4 is 19.7 Å². The van der Waals surface area contributed by atoms with Crippen molar-refractivity contribution in [3.8, 4) is 11.5 Å². The van der Waals surface area contributed by atoms with Crippen LogP contribution in [-0.2, 0) is 6.54 Å². The van der Waals surface area contributed by atoms with E-state index in [4.69, 9.17) is 21.1 Å². The Morgan fingerprint density at radius 2 is 1.70 bits per heavy atom. The van der Waals surface area contributed by atoms with E-state index in [1.165, 1.54) is 0 Å². The molecule has 0 radical (unpaired) electrons.